The van der Waals surface area contributed by atoms with Crippen LogP contribution >= 0.6 is 11.8 Å². The molecule has 1 N–H and O–H groups in total. The van der Waals surface area contributed by atoms with Gasteiger partial charge < -0.3 is 9.84 Å². The van der Waals surface area contributed by atoms with Gasteiger partial charge in [0.25, 0.3) is 5.56 Å². The van der Waals surface area contributed by atoms with E-state index in [0.717, 1.165) is 45.5 Å². The highest BCUT2D eigenvalue weighted by Crippen LogP contribution is 2.48. The Morgan fingerprint density at radius 2 is 1.93 bits per heavy atom. The van der Waals surface area contributed by atoms with Crippen molar-refractivity contribution >= 4 is 28.5 Å². The fourth-order valence-electron chi connectivity index (χ4n) is 4.21. The summed E-state index contributed by atoms with van der Waals surface area (Å²) in [4.78, 5) is 24.4. The van der Waals surface area contributed by atoms with Crippen molar-refractivity contribution in [2.24, 2.45) is 0 Å². The lowest BCUT2D eigenvalue weighted by Gasteiger charge is -2.16. The number of ether oxygens (including phenoxy) is 1. The molecule has 148 valence electrons. The Morgan fingerprint density at radius 1 is 1.17 bits per heavy atom. The first-order chi connectivity index (χ1) is 14.0. The van der Waals surface area contributed by atoms with Gasteiger partial charge in [0.15, 0.2) is 0 Å². The number of aliphatic carboxylic acids is 1. The van der Waals surface area contributed by atoms with Crippen molar-refractivity contribution < 1.29 is 14.6 Å². The molecule has 1 atom stereocenters. The number of fused-ring (bicyclic) bond motifs is 2. The number of carboxylic acids is 1. The molecule has 2 heterocycles. The van der Waals surface area contributed by atoms with Gasteiger partial charge in [-0.2, -0.15) is 0 Å². The van der Waals surface area contributed by atoms with Gasteiger partial charge in [-0.3, -0.25) is 9.36 Å². The highest BCUT2D eigenvalue weighted by atomic mass is 32.2. The van der Waals surface area contributed by atoms with E-state index < -0.39 is 12.0 Å². The highest BCUT2D eigenvalue weighted by Gasteiger charge is 2.37. The van der Waals surface area contributed by atoms with Crippen LogP contribution in [0.15, 0.2) is 52.3 Å². The molecule has 1 aliphatic carbocycles. The summed E-state index contributed by atoms with van der Waals surface area (Å²) in [5.41, 5.74) is 3.16. The number of rotatable bonds is 5. The van der Waals surface area contributed by atoms with Gasteiger partial charge in [0.05, 0.1) is 12.1 Å². The number of methoxy groups -OCH3 is 1. The Morgan fingerprint density at radius 3 is 2.66 bits per heavy atom. The lowest BCUT2D eigenvalue weighted by atomic mass is 9.96. The van der Waals surface area contributed by atoms with Gasteiger partial charge in [-0.1, -0.05) is 24.3 Å². The number of hydrogen-bond donors (Lipinski definition) is 1. The van der Waals surface area contributed by atoms with Gasteiger partial charge in [-0.25, -0.2) is 4.79 Å². The van der Waals surface area contributed by atoms with Crippen LogP contribution in [0.1, 0.15) is 41.5 Å². The number of thioether (sulfide) groups is 1. The van der Waals surface area contributed by atoms with E-state index in [-0.39, 0.29) is 5.56 Å². The molecule has 0 spiro atoms. The maximum atomic E-state index is 12.8. The Balaban J connectivity index is 1.57. The topological polar surface area (TPSA) is 68.5 Å². The summed E-state index contributed by atoms with van der Waals surface area (Å²) in [6.07, 6.45) is 2.89. The smallest absolute Gasteiger partial charge is 0.327 e. The molecule has 0 bridgehead atoms. The Kier molecular flexibility index (Phi) is 4.39. The molecule has 1 fully saturated rings. The van der Waals surface area contributed by atoms with Crippen molar-refractivity contribution in [3.63, 3.8) is 0 Å². The average molecular weight is 407 g/mol. The first kappa shape index (κ1) is 18.3. The molecule has 29 heavy (non-hydrogen) atoms. The van der Waals surface area contributed by atoms with E-state index in [9.17, 15) is 14.7 Å². The van der Waals surface area contributed by atoms with E-state index >= 15 is 0 Å². The number of benzene rings is 2. The lowest BCUT2D eigenvalue weighted by Crippen LogP contribution is -2.29. The van der Waals surface area contributed by atoms with Gasteiger partial charge >= 0.3 is 5.97 Å². The number of pyridine rings is 1. The van der Waals surface area contributed by atoms with Crippen LogP contribution < -0.4 is 10.3 Å². The summed E-state index contributed by atoms with van der Waals surface area (Å²) in [7, 11) is 1.66. The summed E-state index contributed by atoms with van der Waals surface area (Å²) in [5.74, 6) is 0.762. The minimum Gasteiger partial charge on any atom is -0.497 e. The molecule has 1 aromatic heterocycles. The van der Waals surface area contributed by atoms with E-state index in [1.807, 2.05) is 18.2 Å². The first-order valence-corrected chi connectivity index (χ1v) is 10.7. The van der Waals surface area contributed by atoms with Crippen LogP contribution in [0.2, 0.25) is 0 Å². The maximum absolute atomic E-state index is 12.8. The van der Waals surface area contributed by atoms with Gasteiger partial charge in [-0.05, 0) is 64.8 Å². The molecule has 0 radical (unpaired) electrons. The molecule has 2 aromatic carbocycles. The SMILES string of the molecule is COc1ccc2cc(Cc3cc(=O)n4c(c3C3CC3)SC[C@H]4C(=O)O)ccc2c1. The van der Waals surface area contributed by atoms with Crippen molar-refractivity contribution in [3.05, 3.63) is 69.5 Å². The van der Waals surface area contributed by atoms with Crippen LogP contribution in [0.3, 0.4) is 0 Å². The van der Waals surface area contributed by atoms with Crippen molar-refractivity contribution in [2.45, 2.75) is 36.2 Å². The number of carbonyl (C=O) groups is 1. The van der Waals surface area contributed by atoms with E-state index in [0.29, 0.717) is 18.1 Å². The van der Waals surface area contributed by atoms with Crippen LogP contribution in [0.5, 0.6) is 5.75 Å². The van der Waals surface area contributed by atoms with Crippen LogP contribution in [0.4, 0.5) is 0 Å². The van der Waals surface area contributed by atoms with E-state index in [1.165, 1.54) is 21.9 Å². The van der Waals surface area contributed by atoms with Crippen LogP contribution in [-0.2, 0) is 11.2 Å². The molecule has 1 aliphatic heterocycles. The zero-order valence-electron chi connectivity index (χ0n) is 16.1. The third-order valence-electron chi connectivity index (χ3n) is 5.80. The monoisotopic (exact) mass is 407 g/mol. The summed E-state index contributed by atoms with van der Waals surface area (Å²) in [6.45, 7) is 0. The molecule has 5 rings (SSSR count). The largest absolute Gasteiger partial charge is 0.497 e. The van der Waals surface area contributed by atoms with Crippen molar-refractivity contribution in [3.8, 4) is 5.75 Å². The van der Waals surface area contributed by atoms with Crippen LogP contribution in [-0.4, -0.2) is 28.5 Å². The lowest BCUT2D eigenvalue weighted by molar-refractivity contribution is -0.140. The fourth-order valence-corrected chi connectivity index (χ4v) is 5.62. The van der Waals surface area contributed by atoms with Crippen molar-refractivity contribution in [1.29, 1.82) is 0 Å². The first-order valence-electron chi connectivity index (χ1n) is 9.76. The second-order valence-electron chi connectivity index (χ2n) is 7.76. The zero-order chi connectivity index (χ0) is 20.1. The molecule has 0 unspecified atom stereocenters. The number of nitrogens with zero attached hydrogens (tertiary/aromatic N) is 1. The summed E-state index contributed by atoms with van der Waals surface area (Å²) < 4.78 is 6.79. The second-order valence-corrected chi connectivity index (χ2v) is 8.77. The summed E-state index contributed by atoms with van der Waals surface area (Å²) in [6, 6.07) is 13.2. The van der Waals surface area contributed by atoms with Gasteiger partial charge in [0.1, 0.15) is 11.8 Å². The van der Waals surface area contributed by atoms with Gasteiger partial charge in [-0.15, -0.1) is 11.8 Å². The molecule has 0 amide bonds. The third kappa shape index (κ3) is 3.21. The summed E-state index contributed by atoms with van der Waals surface area (Å²) >= 11 is 1.51. The number of carboxylic acid groups (broad SMARTS) is 1. The maximum Gasteiger partial charge on any atom is 0.327 e. The molecular weight excluding hydrogens is 386 g/mol. The minimum absolute atomic E-state index is 0.206. The minimum atomic E-state index is -0.933. The molecular formula is C23H21NO4S. The third-order valence-corrected chi connectivity index (χ3v) is 6.97. The second kappa shape index (κ2) is 6.95. The molecule has 5 nitrogen and oxygen atoms in total. The predicted octanol–water partition coefficient (Wildman–Crippen LogP) is 4.21. The Hall–Kier alpha value is -2.73. The van der Waals surface area contributed by atoms with Crippen molar-refractivity contribution in [2.75, 3.05) is 12.9 Å². The molecule has 3 aromatic rings. The van der Waals surface area contributed by atoms with Crippen LogP contribution in [0.25, 0.3) is 10.8 Å². The molecule has 1 saturated carbocycles. The normalized spacial score (nSPS) is 18.0. The molecule has 2 aliphatic rings. The zero-order valence-corrected chi connectivity index (χ0v) is 16.9. The fraction of sp³-hybridized carbons (Fsp3) is 0.304. The van der Waals surface area contributed by atoms with Gasteiger partial charge in [0.2, 0.25) is 0 Å². The number of hydrogen-bond acceptors (Lipinski definition) is 4. The molecule has 6 heteroatoms. The van der Waals surface area contributed by atoms with Crippen molar-refractivity contribution in [1.82, 2.24) is 4.57 Å². The Bertz CT molecular complexity index is 1200. The van der Waals surface area contributed by atoms with E-state index in [2.05, 4.69) is 18.2 Å². The number of aromatic nitrogens is 1. The predicted molar refractivity (Wildman–Crippen MR) is 113 cm³/mol. The van der Waals surface area contributed by atoms with E-state index in [1.54, 1.807) is 13.2 Å². The van der Waals surface area contributed by atoms with Crippen LogP contribution in [0, 0.1) is 0 Å². The van der Waals surface area contributed by atoms with Gasteiger partial charge in [0, 0.05) is 11.8 Å². The molecule has 0 saturated heterocycles. The highest BCUT2D eigenvalue weighted by molar-refractivity contribution is 7.99. The van der Waals surface area contributed by atoms with E-state index in [4.69, 9.17) is 4.74 Å². The quantitative estimate of drug-likeness (QED) is 0.686. The standard InChI is InChI=1S/C23H21NO4S/c1-28-18-7-6-15-8-13(2-3-16(15)10-18)9-17-11-20(25)24-19(23(26)27)12-29-22(24)21(17)14-4-5-14/h2-3,6-8,10-11,14,19H,4-5,9,12H2,1H3,(H,26,27)/t19-/m0/s1. The summed E-state index contributed by atoms with van der Waals surface area (Å²) in [5, 5.41) is 12.6. The Labute approximate surface area is 172 Å². The average Bonchev–Trinajstić information content (AvgIpc) is 3.44.